The molecule has 0 saturated carbocycles. The number of aromatic nitrogens is 4. The van der Waals surface area contributed by atoms with Gasteiger partial charge in [-0.2, -0.15) is 9.97 Å². The lowest BCUT2D eigenvalue weighted by Gasteiger charge is -2.17. The van der Waals surface area contributed by atoms with Gasteiger partial charge in [0, 0.05) is 6.61 Å². The third-order valence-electron chi connectivity index (χ3n) is 5.15. The Kier molecular flexibility index (Phi) is 6.41. The van der Waals surface area contributed by atoms with Crippen molar-refractivity contribution in [2.24, 2.45) is 0 Å². The maximum Gasteiger partial charge on any atom is 0.344 e. The third-order valence-corrected chi connectivity index (χ3v) is 5.32. The maximum absolute atomic E-state index is 11.0. The third kappa shape index (κ3) is 4.32. The Morgan fingerprint density at radius 1 is 1.28 bits per heavy atom. The van der Waals surface area contributed by atoms with Crippen molar-refractivity contribution in [2.45, 2.75) is 43.1 Å². The van der Waals surface area contributed by atoms with Crippen LogP contribution >= 0.6 is 11.6 Å². The number of carboxylic acid groups (broad SMARTS) is 2. The number of fused-ring (bicyclic) bond motifs is 1. The molecule has 0 aromatic carbocycles. The predicted octanol–water partition coefficient (Wildman–Crippen LogP) is -1.15. The highest BCUT2D eigenvalue weighted by Gasteiger charge is 2.45. The van der Waals surface area contributed by atoms with Crippen molar-refractivity contribution in [3.05, 3.63) is 11.6 Å². The van der Waals surface area contributed by atoms with E-state index in [0.29, 0.717) is 24.5 Å². The van der Waals surface area contributed by atoms with Gasteiger partial charge in [-0.25, -0.2) is 14.6 Å². The minimum atomic E-state index is -2.14. The number of hydrogen-bond acceptors (Lipinski definition) is 11. The number of imidazole rings is 1. The Hall–Kier alpha value is -2.62. The second-order valence-electron chi connectivity index (χ2n) is 7.31. The summed E-state index contributed by atoms with van der Waals surface area (Å²) in [7, 11) is 0. The summed E-state index contributed by atoms with van der Waals surface area (Å²) in [5.41, 5.74) is 0.571. The van der Waals surface area contributed by atoms with Gasteiger partial charge in [-0.15, -0.1) is 0 Å². The monoisotopic (exact) mass is 473 g/mol. The number of rotatable bonds is 8. The van der Waals surface area contributed by atoms with Crippen molar-refractivity contribution >= 4 is 40.5 Å². The maximum atomic E-state index is 11.0. The minimum absolute atomic E-state index is 0.0161. The Morgan fingerprint density at radius 2 is 2.03 bits per heavy atom. The van der Waals surface area contributed by atoms with E-state index in [-0.39, 0.29) is 17.0 Å². The van der Waals surface area contributed by atoms with Crippen LogP contribution in [0.25, 0.3) is 11.2 Å². The van der Waals surface area contributed by atoms with Crippen LogP contribution in [0.15, 0.2) is 6.33 Å². The molecule has 0 amide bonds. The molecule has 4 heterocycles. The fourth-order valence-electron chi connectivity index (χ4n) is 3.55. The predicted molar refractivity (Wildman–Crippen MR) is 104 cm³/mol. The van der Waals surface area contributed by atoms with Crippen LogP contribution in [0.1, 0.15) is 12.6 Å². The summed E-state index contributed by atoms with van der Waals surface area (Å²) in [6.07, 6.45) is -5.39. The molecule has 5 N–H and O–H groups in total. The Balaban J connectivity index is 1.55. The molecule has 0 aliphatic carbocycles. The molecule has 0 spiro atoms. The van der Waals surface area contributed by atoms with E-state index in [2.05, 4.69) is 20.3 Å². The lowest BCUT2D eigenvalue weighted by molar-refractivity contribution is -0.170. The fraction of sp³-hybridized carbons (Fsp3) is 0.588. The number of aliphatic carboxylic acids is 2. The van der Waals surface area contributed by atoms with Crippen LogP contribution < -0.4 is 5.32 Å². The number of halogens is 1. The van der Waals surface area contributed by atoms with Crippen LogP contribution in [-0.2, 0) is 23.8 Å². The number of ether oxygens (including phenoxy) is 3. The summed E-state index contributed by atoms with van der Waals surface area (Å²) in [6, 6.07) is 0.0161. The Labute approximate surface area is 184 Å². The average molecular weight is 474 g/mol. The normalized spacial score (nSPS) is 27.9. The summed E-state index contributed by atoms with van der Waals surface area (Å²) in [6.45, 7) is 0.521. The number of carbonyl (C=O) groups is 2. The van der Waals surface area contributed by atoms with Crippen molar-refractivity contribution in [3.63, 3.8) is 0 Å². The van der Waals surface area contributed by atoms with E-state index >= 15 is 0 Å². The van der Waals surface area contributed by atoms with Gasteiger partial charge in [-0.3, -0.25) is 4.57 Å². The topological polar surface area (TPSA) is 198 Å². The number of nitrogens with zero attached hydrogens (tertiary/aromatic N) is 4. The van der Waals surface area contributed by atoms with E-state index in [9.17, 15) is 19.8 Å². The van der Waals surface area contributed by atoms with Gasteiger partial charge in [0.05, 0.1) is 25.6 Å². The smallest absolute Gasteiger partial charge is 0.344 e. The van der Waals surface area contributed by atoms with E-state index in [4.69, 9.17) is 36.0 Å². The molecule has 0 radical (unpaired) electrons. The zero-order chi connectivity index (χ0) is 23.0. The second-order valence-corrected chi connectivity index (χ2v) is 7.64. The fourth-order valence-corrected chi connectivity index (χ4v) is 3.72. The molecular weight excluding hydrogens is 454 g/mol. The van der Waals surface area contributed by atoms with Gasteiger partial charge < -0.3 is 40.0 Å². The number of nitrogens with one attached hydrogen (secondary N) is 1. The molecule has 14 nitrogen and oxygen atoms in total. The highest BCUT2D eigenvalue weighted by Crippen LogP contribution is 2.33. The first kappa shape index (κ1) is 22.6. The number of aliphatic hydroxyl groups excluding tert-OH is 2. The second kappa shape index (κ2) is 9.09. The van der Waals surface area contributed by atoms with Crippen LogP contribution in [0.4, 0.5) is 5.82 Å². The zero-order valence-electron chi connectivity index (χ0n) is 16.4. The van der Waals surface area contributed by atoms with E-state index in [0.717, 1.165) is 6.42 Å². The summed E-state index contributed by atoms with van der Waals surface area (Å²) >= 11 is 6.06. The van der Waals surface area contributed by atoms with Gasteiger partial charge in [0.15, 0.2) is 23.2 Å². The lowest BCUT2D eigenvalue weighted by atomic mass is 10.1. The number of anilines is 1. The molecular formula is C17H20ClN5O9. The molecule has 2 aromatic heterocycles. The van der Waals surface area contributed by atoms with Crippen LogP contribution in [0.3, 0.4) is 0 Å². The first-order valence-corrected chi connectivity index (χ1v) is 9.97. The summed E-state index contributed by atoms with van der Waals surface area (Å²) in [5.74, 6) is -3.05. The van der Waals surface area contributed by atoms with Gasteiger partial charge in [0.2, 0.25) is 5.28 Å². The molecule has 2 fully saturated rings. The van der Waals surface area contributed by atoms with Crippen LogP contribution in [0.5, 0.6) is 0 Å². The molecule has 0 unspecified atom stereocenters. The van der Waals surface area contributed by atoms with Crippen LogP contribution in [-0.4, -0.2) is 102 Å². The lowest BCUT2D eigenvalue weighted by Crippen LogP contribution is -2.39. The summed E-state index contributed by atoms with van der Waals surface area (Å²) in [4.78, 5) is 34.5. The van der Waals surface area contributed by atoms with Crippen molar-refractivity contribution in [1.82, 2.24) is 19.5 Å². The largest absolute Gasteiger partial charge is 0.479 e. The van der Waals surface area contributed by atoms with E-state index in [1.54, 1.807) is 0 Å². The molecule has 2 aliphatic heterocycles. The Morgan fingerprint density at radius 3 is 2.69 bits per heavy atom. The van der Waals surface area contributed by atoms with Gasteiger partial charge in [-0.05, 0) is 18.0 Å². The first-order valence-electron chi connectivity index (χ1n) is 9.59. The van der Waals surface area contributed by atoms with E-state index in [1.807, 2.05) is 0 Å². The number of hydrogen-bond donors (Lipinski definition) is 5. The SMILES string of the molecule is O=C(O)C(OC[C@H]1O[C@@H](n2cnc3c(N[C@H]4CCOC4)nc(Cl)nc32)[C@H](O)[C@@H]1O)C(=O)O. The zero-order valence-corrected chi connectivity index (χ0v) is 17.1. The van der Waals surface area contributed by atoms with E-state index in [1.165, 1.54) is 10.9 Å². The van der Waals surface area contributed by atoms with Crippen molar-refractivity contribution in [3.8, 4) is 0 Å². The number of aliphatic hydroxyl groups is 2. The van der Waals surface area contributed by atoms with Gasteiger partial charge in [0.1, 0.15) is 18.3 Å². The molecule has 5 atom stereocenters. The van der Waals surface area contributed by atoms with Crippen molar-refractivity contribution < 1.29 is 44.2 Å². The van der Waals surface area contributed by atoms with Crippen LogP contribution in [0, 0.1) is 0 Å². The minimum Gasteiger partial charge on any atom is -0.479 e. The van der Waals surface area contributed by atoms with Crippen molar-refractivity contribution in [1.29, 1.82) is 0 Å². The number of carboxylic acids is 2. The molecule has 2 aliphatic rings. The highest BCUT2D eigenvalue weighted by atomic mass is 35.5. The van der Waals surface area contributed by atoms with E-state index < -0.39 is 49.2 Å². The molecule has 174 valence electrons. The highest BCUT2D eigenvalue weighted by molar-refractivity contribution is 6.28. The molecule has 4 rings (SSSR count). The van der Waals surface area contributed by atoms with Crippen LogP contribution in [0.2, 0.25) is 5.28 Å². The molecule has 15 heteroatoms. The first-order chi connectivity index (χ1) is 15.3. The van der Waals surface area contributed by atoms with Gasteiger partial charge >= 0.3 is 11.9 Å². The average Bonchev–Trinajstić information content (AvgIpc) is 3.44. The Bertz CT molecular complexity index is 1000. The molecule has 2 saturated heterocycles. The standard InChI is InChI=1S/C17H20ClN5O9/c18-17-21-12(20-6-1-2-30-3-6)8-13(22-17)23(5-19-8)14-10(25)9(24)7(32-14)4-31-11(15(26)27)16(28)29/h5-7,9-11,14,24-25H,1-4H2,(H,26,27)(H,28,29)(H,20,21,22)/t6-,7+,9+,10+,14+/m0/s1. The van der Waals surface area contributed by atoms with Gasteiger partial charge in [-0.1, -0.05) is 0 Å². The summed E-state index contributed by atoms with van der Waals surface area (Å²) < 4.78 is 17.2. The molecule has 0 bridgehead atoms. The molecule has 32 heavy (non-hydrogen) atoms. The summed E-state index contributed by atoms with van der Waals surface area (Å²) in [5, 5.41) is 41.7. The van der Waals surface area contributed by atoms with Crippen molar-refractivity contribution in [2.75, 3.05) is 25.1 Å². The van der Waals surface area contributed by atoms with Gasteiger partial charge in [0.25, 0.3) is 6.10 Å². The molecule has 2 aromatic rings. The quantitative estimate of drug-likeness (QED) is 0.228.